The molecule has 0 radical (unpaired) electrons. The number of hydrogen-bond donors (Lipinski definition) is 1. The van der Waals surface area contributed by atoms with Crippen LogP contribution in [0.5, 0.6) is 0 Å². The molecule has 1 aromatic heterocycles. The fourth-order valence-corrected chi connectivity index (χ4v) is 3.39. The van der Waals surface area contributed by atoms with E-state index in [0.717, 1.165) is 27.8 Å². The number of amides is 1. The minimum absolute atomic E-state index is 0.158. The Bertz CT molecular complexity index is 713. The lowest BCUT2D eigenvalue weighted by Gasteiger charge is -2.34. The van der Waals surface area contributed by atoms with Crippen molar-refractivity contribution in [2.75, 3.05) is 4.90 Å². The topological polar surface area (TPSA) is 59.2 Å². The van der Waals surface area contributed by atoms with Crippen molar-refractivity contribution in [3.05, 3.63) is 46.5 Å². The molecule has 0 spiro atoms. The van der Waals surface area contributed by atoms with Gasteiger partial charge >= 0.3 is 6.18 Å². The van der Waals surface area contributed by atoms with Crippen molar-refractivity contribution in [3.8, 4) is 0 Å². The van der Waals surface area contributed by atoms with E-state index in [1.54, 1.807) is 4.90 Å². The molecule has 1 aliphatic heterocycles. The van der Waals surface area contributed by atoms with E-state index >= 15 is 0 Å². The second-order valence-corrected chi connectivity index (χ2v) is 5.87. The van der Waals surface area contributed by atoms with E-state index in [9.17, 15) is 18.0 Å². The molecule has 0 saturated carbocycles. The molecule has 0 unspecified atom stereocenters. The number of primary amides is 1. The molecule has 2 heterocycles. The zero-order valence-electron chi connectivity index (χ0n) is 11.3. The highest BCUT2D eigenvalue weighted by molar-refractivity contribution is 7.13. The summed E-state index contributed by atoms with van der Waals surface area (Å²) in [6.45, 7) is 0.314. The predicted molar refractivity (Wildman–Crippen MR) is 76.4 cm³/mol. The van der Waals surface area contributed by atoms with E-state index in [4.69, 9.17) is 5.73 Å². The van der Waals surface area contributed by atoms with Gasteiger partial charge < -0.3 is 10.6 Å². The summed E-state index contributed by atoms with van der Waals surface area (Å²) in [6, 6.07) is 6.80. The SMILES string of the molecule is NC(=O)[C@@H]1Cc2ccccc2CN1c1nc(C(F)(F)F)cs1. The van der Waals surface area contributed by atoms with Gasteiger partial charge in [0.2, 0.25) is 5.91 Å². The summed E-state index contributed by atoms with van der Waals surface area (Å²) in [7, 11) is 0. The van der Waals surface area contributed by atoms with Crippen LogP contribution in [0.1, 0.15) is 16.8 Å². The molecule has 4 nitrogen and oxygen atoms in total. The number of benzene rings is 1. The molecule has 2 N–H and O–H groups in total. The van der Waals surface area contributed by atoms with Crippen molar-refractivity contribution in [2.45, 2.75) is 25.2 Å². The van der Waals surface area contributed by atoms with Gasteiger partial charge in [-0.3, -0.25) is 4.79 Å². The van der Waals surface area contributed by atoms with Crippen LogP contribution in [0.4, 0.5) is 18.3 Å². The van der Waals surface area contributed by atoms with E-state index in [1.165, 1.54) is 0 Å². The van der Waals surface area contributed by atoms with Crippen LogP contribution in [-0.4, -0.2) is 16.9 Å². The second kappa shape index (κ2) is 5.28. The Morgan fingerprint density at radius 1 is 1.32 bits per heavy atom. The molecule has 1 aliphatic rings. The Morgan fingerprint density at radius 2 is 2.00 bits per heavy atom. The highest BCUT2D eigenvalue weighted by Crippen LogP contribution is 2.36. The summed E-state index contributed by atoms with van der Waals surface area (Å²) < 4.78 is 38.1. The Labute approximate surface area is 128 Å². The molecule has 3 rings (SSSR count). The molecule has 0 bridgehead atoms. The maximum absolute atomic E-state index is 12.7. The van der Waals surface area contributed by atoms with Crippen molar-refractivity contribution in [2.24, 2.45) is 5.73 Å². The van der Waals surface area contributed by atoms with Gasteiger partial charge in [-0.25, -0.2) is 4.98 Å². The van der Waals surface area contributed by atoms with E-state index in [2.05, 4.69) is 4.98 Å². The molecular formula is C14H12F3N3OS. The number of halogens is 3. The first-order valence-corrected chi connectivity index (χ1v) is 7.39. The Balaban J connectivity index is 1.97. The number of anilines is 1. The van der Waals surface area contributed by atoms with Crippen LogP contribution >= 0.6 is 11.3 Å². The Morgan fingerprint density at radius 3 is 2.59 bits per heavy atom. The van der Waals surface area contributed by atoms with Gasteiger partial charge in [-0.05, 0) is 11.1 Å². The van der Waals surface area contributed by atoms with Crippen molar-refractivity contribution < 1.29 is 18.0 Å². The first-order valence-electron chi connectivity index (χ1n) is 6.51. The molecule has 116 valence electrons. The number of nitrogens with zero attached hydrogens (tertiary/aromatic N) is 2. The Hall–Kier alpha value is -2.09. The molecule has 2 aromatic rings. The minimum Gasteiger partial charge on any atom is -0.368 e. The smallest absolute Gasteiger partial charge is 0.368 e. The van der Waals surface area contributed by atoms with Crippen LogP contribution in [-0.2, 0) is 23.9 Å². The van der Waals surface area contributed by atoms with E-state index < -0.39 is 23.8 Å². The molecule has 22 heavy (non-hydrogen) atoms. The van der Waals surface area contributed by atoms with E-state index in [-0.39, 0.29) is 5.13 Å². The third-order valence-electron chi connectivity index (χ3n) is 3.61. The maximum atomic E-state index is 12.7. The van der Waals surface area contributed by atoms with Crippen molar-refractivity contribution >= 4 is 22.4 Å². The van der Waals surface area contributed by atoms with Gasteiger partial charge in [0.05, 0.1) is 0 Å². The number of fused-ring (bicyclic) bond motifs is 1. The number of carbonyl (C=O) groups is 1. The summed E-state index contributed by atoms with van der Waals surface area (Å²) in [6.07, 6.45) is -4.13. The molecule has 1 aromatic carbocycles. The number of aromatic nitrogens is 1. The van der Waals surface area contributed by atoms with Gasteiger partial charge in [-0.15, -0.1) is 11.3 Å². The molecule has 0 saturated heterocycles. The van der Waals surface area contributed by atoms with Gasteiger partial charge in [0.25, 0.3) is 0 Å². The quantitative estimate of drug-likeness (QED) is 0.922. The standard InChI is InChI=1S/C14H12F3N3OS/c15-14(16,17)11-7-22-13(19-11)20-6-9-4-2-1-3-8(9)5-10(20)12(18)21/h1-4,7,10H,5-6H2,(H2,18,21)/t10-/m0/s1. The monoisotopic (exact) mass is 327 g/mol. The molecule has 8 heteroatoms. The number of carbonyl (C=O) groups excluding carboxylic acids is 1. The maximum Gasteiger partial charge on any atom is 0.434 e. The van der Waals surface area contributed by atoms with Crippen LogP contribution in [0.15, 0.2) is 29.6 Å². The molecule has 1 atom stereocenters. The van der Waals surface area contributed by atoms with Crippen molar-refractivity contribution in [1.82, 2.24) is 4.98 Å². The summed E-state index contributed by atoms with van der Waals surface area (Å²) in [5, 5.41) is 1.11. The normalized spacial score (nSPS) is 18.1. The van der Waals surface area contributed by atoms with Crippen molar-refractivity contribution in [3.63, 3.8) is 0 Å². The third-order valence-corrected chi connectivity index (χ3v) is 4.48. The Kier molecular flexibility index (Phi) is 3.56. The van der Waals surface area contributed by atoms with Gasteiger partial charge in [0.1, 0.15) is 6.04 Å². The average Bonchev–Trinajstić information content (AvgIpc) is 2.95. The summed E-state index contributed by atoms with van der Waals surface area (Å²) in [5.41, 5.74) is 6.41. The lowest BCUT2D eigenvalue weighted by Crippen LogP contribution is -2.48. The van der Waals surface area contributed by atoms with Gasteiger partial charge in [-0.2, -0.15) is 13.2 Å². The fourth-order valence-electron chi connectivity index (χ4n) is 2.50. The van der Waals surface area contributed by atoms with Gasteiger partial charge in [-0.1, -0.05) is 24.3 Å². The first kappa shape index (κ1) is 14.8. The summed E-state index contributed by atoms with van der Waals surface area (Å²) >= 11 is 0.866. The van der Waals surface area contributed by atoms with E-state index in [1.807, 2.05) is 24.3 Å². The molecular weight excluding hydrogens is 315 g/mol. The van der Waals surface area contributed by atoms with Gasteiger partial charge in [0, 0.05) is 18.3 Å². The largest absolute Gasteiger partial charge is 0.434 e. The lowest BCUT2D eigenvalue weighted by molar-refractivity contribution is -0.140. The van der Waals surface area contributed by atoms with Crippen LogP contribution in [0.3, 0.4) is 0 Å². The van der Waals surface area contributed by atoms with Crippen LogP contribution in [0.2, 0.25) is 0 Å². The van der Waals surface area contributed by atoms with E-state index in [0.29, 0.717) is 13.0 Å². The zero-order chi connectivity index (χ0) is 15.9. The zero-order valence-corrected chi connectivity index (χ0v) is 12.1. The molecule has 0 aliphatic carbocycles. The summed E-state index contributed by atoms with van der Waals surface area (Å²) in [5.74, 6) is -0.571. The second-order valence-electron chi connectivity index (χ2n) is 5.03. The molecule has 0 fully saturated rings. The number of alkyl halides is 3. The highest BCUT2D eigenvalue weighted by atomic mass is 32.1. The van der Waals surface area contributed by atoms with Crippen molar-refractivity contribution in [1.29, 1.82) is 0 Å². The van der Waals surface area contributed by atoms with Crippen LogP contribution < -0.4 is 10.6 Å². The highest BCUT2D eigenvalue weighted by Gasteiger charge is 2.37. The average molecular weight is 327 g/mol. The molecule has 1 amide bonds. The first-order chi connectivity index (χ1) is 10.4. The fraction of sp³-hybridized carbons (Fsp3) is 0.286. The lowest BCUT2D eigenvalue weighted by atomic mass is 9.94. The minimum atomic E-state index is -4.50. The number of nitrogens with two attached hydrogens (primary N) is 1. The predicted octanol–water partition coefficient (Wildman–Crippen LogP) is 2.58. The summed E-state index contributed by atoms with van der Waals surface area (Å²) in [4.78, 5) is 16.9. The third kappa shape index (κ3) is 2.66. The number of hydrogen-bond acceptors (Lipinski definition) is 4. The number of rotatable bonds is 2. The van der Waals surface area contributed by atoms with Crippen LogP contribution in [0.25, 0.3) is 0 Å². The number of thiazole rings is 1. The van der Waals surface area contributed by atoms with Gasteiger partial charge in [0.15, 0.2) is 10.8 Å². The van der Waals surface area contributed by atoms with Crippen LogP contribution in [0, 0.1) is 0 Å².